The maximum Gasteiger partial charge on any atom is 0.417 e. The summed E-state index contributed by atoms with van der Waals surface area (Å²) in [5, 5.41) is 9.14. The number of alkyl halides is 3. The van der Waals surface area contributed by atoms with Crippen LogP contribution in [-0.4, -0.2) is 20.4 Å². The van der Waals surface area contributed by atoms with Gasteiger partial charge in [-0.1, -0.05) is 6.92 Å². The third-order valence-electron chi connectivity index (χ3n) is 1.92. The summed E-state index contributed by atoms with van der Waals surface area (Å²) in [6.45, 7) is 1.35. The van der Waals surface area contributed by atoms with Gasteiger partial charge in [0.2, 0.25) is 0 Å². The number of hydrogen-bond acceptors (Lipinski definition) is 2. The van der Waals surface area contributed by atoms with Crippen molar-refractivity contribution in [1.29, 1.82) is 0 Å². The molecule has 0 bridgehead atoms. The van der Waals surface area contributed by atoms with Crippen molar-refractivity contribution in [3.8, 4) is 0 Å². The van der Waals surface area contributed by atoms with Crippen LogP contribution in [0.5, 0.6) is 0 Å². The standard InChI is InChI=1S/C8H7F3O2S/c1-4-6(12)3-2-5(7(4)14-13)8(9,10)11/h2-4,12H,1H3. The van der Waals surface area contributed by atoms with E-state index in [1.54, 1.807) is 0 Å². The van der Waals surface area contributed by atoms with Gasteiger partial charge in [0.05, 0.1) is 27.6 Å². The van der Waals surface area contributed by atoms with Crippen LogP contribution in [0.4, 0.5) is 13.2 Å². The predicted molar refractivity (Wildman–Crippen MR) is 47.2 cm³/mol. The Labute approximate surface area is 81.8 Å². The van der Waals surface area contributed by atoms with Crippen molar-refractivity contribution in [1.82, 2.24) is 0 Å². The van der Waals surface area contributed by atoms with Gasteiger partial charge in [-0.05, 0) is 12.2 Å². The average Bonchev–Trinajstić information content (AvgIpc) is 2.07. The Morgan fingerprint density at radius 1 is 1.43 bits per heavy atom. The quantitative estimate of drug-likeness (QED) is 0.638. The number of allylic oxidation sites excluding steroid dienone is 4. The Morgan fingerprint density at radius 3 is 2.43 bits per heavy atom. The summed E-state index contributed by atoms with van der Waals surface area (Å²) in [7, 11) is 0. The largest absolute Gasteiger partial charge is 0.512 e. The first-order valence-electron chi connectivity index (χ1n) is 3.73. The zero-order chi connectivity index (χ0) is 10.9. The number of aliphatic hydroxyl groups is 1. The highest BCUT2D eigenvalue weighted by Crippen LogP contribution is 2.32. The van der Waals surface area contributed by atoms with Crippen LogP contribution in [-0.2, 0) is 11.3 Å². The van der Waals surface area contributed by atoms with Crippen molar-refractivity contribution in [3.05, 3.63) is 23.5 Å². The van der Waals surface area contributed by atoms with E-state index >= 15 is 0 Å². The first-order valence-corrected chi connectivity index (χ1v) is 4.47. The van der Waals surface area contributed by atoms with E-state index in [1.165, 1.54) is 6.92 Å². The van der Waals surface area contributed by atoms with Gasteiger partial charge in [-0.25, -0.2) is 4.21 Å². The fraction of sp³-hybridized carbons (Fsp3) is 0.375. The molecule has 1 N–H and O–H groups in total. The predicted octanol–water partition coefficient (Wildman–Crippen LogP) is 1.95. The van der Waals surface area contributed by atoms with Crippen molar-refractivity contribution in [3.63, 3.8) is 0 Å². The molecule has 0 aromatic carbocycles. The van der Waals surface area contributed by atoms with E-state index in [0.29, 0.717) is 0 Å². The molecule has 0 spiro atoms. The molecule has 0 aromatic heterocycles. The van der Waals surface area contributed by atoms with Crippen molar-refractivity contribution in [2.75, 3.05) is 0 Å². The van der Waals surface area contributed by atoms with Crippen LogP contribution in [0.1, 0.15) is 6.92 Å². The number of halogens is 3. The zero-order valence-electron chi connectivity index (χ0n) is 7.13. The van der Waals surface area contributed by atoms with Gasteiger partial charge in [0.1, 0.15) is 5.76 Å². The molecule has 0 fully saturated rings. The van der Waals surface area contributed by atoms with Crippen molar-refractivity contribution in [2.45, 2.75) is 13.1 Å². The van der Waals surface area contributed by atoms with Gasteiger partial charge in [0.15, 0.2) is 0 Å². The fourth-order valence-corrected chi connectivity index (χ4v) is 1.65. The summed E-state index contributed by atoms with van der Waals surface area (Å²) >= 11 is -0.230. The lowest BCUT2D eigenvalue weighted by Crippen LogP contribution is -2.28. The Morgan fingerprint density at radius 2 is 2.00 bits per heavy atom. The van der Waals surface area contributed by atoms with Gasteiger partial charge in [0.25, 0.3) is 0 Å². The van der Waals surface area contributed by atoms with E-state index in [2.05, 4.69) is 0 Å². The third kappa shape index (κ3) is 1.89. The van der Waals surface area contributed by atoms with E-state index < -0.39 is 22.5 Å². The fourth-order valence-electron chi connectivity index (χ4n) is 1.11. The molecule has 0 heterocycles. The molecule has 2 nitrogen and oxygen atoms in total. The topological polar surface area (TPSA) is 37.3 Å². The lowest BCUT2D eigenvalue weighted by Gasteiger charge is -2.20. The zero-order valence-corrected chi connectivity index (χ0v) is 7.95. The summed E-state index contributed by atoms with van der Waals surface area (Å²) in [5.74, 6) is -1.10. The van der Waals surface area contributed by atoms with E-state index in [0.717, 1.165) is 12.2 Å². The molecule has 1 atom stereocenters. The van der Waals surface area contributed by atoms with E-state index in [4.69, 9.17) is 5.11 Å². The summed E-state index contributed by atoms with van der Waals surface area (Å²) in [5.41, 5.74) is -0.970. The van der Waals surface area contributed by atoms with Gasteiger partial charge >= 0.3 is 6.18 Å². The minimum atomic E-state index is -4.54. The highest BCUT2D eigenvalue weighted by Gasteiger charge is 2.40. The van der Waals surface area contributed by atoms with Crippen LogP contribution in [0.15, 0.2) is 23.5 Å². The second-order valence-electron chi connectivity index (χ2n) is 2.84. The van der Waals surface area contributed by atoms with Gasteiger partial charge in [-0.2, -0.15) is 13.2 Å². The smallest absolute Gasteiger partial charge is 0.417 e. The number of aliphatic hydroxyl groups excluding tert-OH is 1. The van der Waals surface area contributed by atoms with E-state index in [-0.39, 0.29) is 17.0 Å². The Kier molecular flexibility index (Phi) is 2.84. The lowest BCUT2D eigenvalue weighted by atomic mass is 9.93. The van der Waals surface area contributed by atoms with Crippen LogP contribution in [0.2, 0.25) is 0 Å². The summed E-state index contributed by atoms with van der Waals surface area (Å²) in [6.07, 6.45) is -2.86. The molecule has 6 heteroatoms. The molecule has 0 aromatic rings. The molecule has 1 unspecified atom stereocenters. The van der Waals surface area contributed by atoms with Crippen molar-refractivity contribution < 1.29 is 22.5 Å². The molecule has 1 aliphatic rings. The molecule has 0 radical (unpaired) electrons. The first kappa shape index (κ1) is 11.0. The molecule has 14 heavy (non-hydrogen) atoms. The van der Waals surface area contributed by atoms with Gasteiger partial charge in [-0.15, -0.1) is 0 Å². The monoisotopic (exact) mass is 224 g/mol. The summed E-state index contributed by atoms with van der Waals surface area (Å²) in [4.78, 5) is -0.391. The highest BCUT2D eigenvalue weighted by molar-refractivity contribution is 7.67. The molecule has 1 rings (SSSR count). The van der Waals surface area contributed by atoms with Crippen LogP contribution in [0.3, 0.4) is 0 Å². The van der Waals surface area contributed by atoms with Crippen LogP contribution >= 0.6 is 0 Å². The molecular formula is C8H7F3O2S. The van der Waals surface area contributed by atoms with Crippen LogP contribution in [0.25, 0.3) is 0 Å². The minimum Gasteiger partial charge on any atom is -0.512 e. The Balaban J connectivity index is 3.25. The first-order chi connectivity index (χ1) is 6.38. The Bertz CT molecular complexity index is 361. The maximum absolute atomic E-state index is 12.3. The second kappa shape index (κ2) is 3.61. The van der Waals surface area contributed by atoms with Gasteiger partial charge in [-0.3, -0.25) is 0 Å². The SMILES string of the molecule is CC1C(O)=CC=C(C(F)(F)F)C1=S=O. The molecule has 0 saturated heterocycles. The normalized spacial score (nSPS) is 22.9. The van der Waals surface area contributed by atoms with Crippen molar-refractivity contribution >= 4 is 16.1 Å². The summed E-state index contributed by atoms with van der Waals surface area (Å²) in [6, 6.07) is 0. The minimum absolute atomic E-state index is 0.226. The van der Waals surface area contributed by atoms with Gasteiger partial charge < -0.3 is 5.11 Å². The molecule has 0 saturated carbocycles. The van der Waals surface area contributed by atoms with Crippen LogP contribution < -0.4 is 0 Å². The lowest BCUT2D eigenvalue weighted by molar-refractivity contribution is -0.0863. The number of hydrogen-bond donors (Lipinski definition) is 1. The van der Waals surface area contributed by atoms with E-state index in [1.807, 2.05) is 0 Å². The van der Waals surface area contributed by atoms with Crippen LogP contribution in [0, 0.1) is 5.92 Å². The van der Waals surface area contributed by atoms with Gasteiger partial charge in [0, 0.05) is 0 Å². The third-order valence-corrected chi connectivity index (χ3v) is 2.67. The molecule has 78 valence electrons. The Hall–Kier alpha value is -1.04. The summed E-state index contributed by atoms with van der Waals surface area (Å²) < 4.78 is 47.5. The maximum atomic E-state index is 12.3. The second-order valence-corrected chi connectivity index (χ2v) is 3.45. The molecule has 0 amide bonds. The molecule has 0 aliphatic heterocycles. The highest BCUT2D eigenvalue weighted by atomic mass is 32.1. The van der Waals surface area contributed by atoms with E-state index in [9.17, 15) is 17.4 Å². The molecule has 1 aliphatic carbocycles. The average molecular weight is 224 g/mol. The van der Waals surface area contributed by atoms with Crippen molar-refractivity contribution in [2.24, 2.45) is 5.92 Å². The molecular weight excluding hydrogens is 217 g/mol. The number of rotatable bonds is 0.